The number of nitrogen functional groups attached to an aromatic ring is 1. The zero-order valence-corrected chi connectivity index (χ0v) is 14.4. The lowest BCUT2D eigenvalue weighted by Gasteiger charge is -2.10. The van der Waals surface area contributed by atoms with Crippen LogP contribution in [0.2, 0.25) is 0 Å². The van der Waals surface area contributed by atoms with Gasteiger partial charge in [-0.1, -0.05) is 18.2 Å². The van der Waals surface area contributed by atoms with E-state index in [1.165, 1.54) is 6.26 Å². The second-order valence-electron chi connectivity index (χ2n) is 5.44. The van der Waals surface area contributed by atoms with Crippen molar-refractivity contribution in [1.82, 2.24) is 15.0 Å². The normalized spacial score (nSPS) is 11.2. The predicted molar refractivity (Wildman–Crippen MR) is 96.6 cm³/mol. The Kier molecular flexibility index (Phi) is 4.62. The van der Waals surface area contributed by atoms with Gasteiger partial charge >= 0.3 is 0 Å². The monoisotopic (exact) mass is 355 g/mol. The Morgan fingerprint density at radius 1 is 1.04 bits per heavy atom. The highest BCUT2D eigenvalue weighted by atomic mass is 32.2. The summed E-state index contributed by atoms with van der Waals surface area (Å²) in [6.45, 7) is 0.322. The van der Waals surface area contributed by atoms with E-state index in [1.807, 2.05) is 0 Å². The highest BCUT2D eigenvalue weighted by Crippen LogP contribution is 2.21. The second kappa shape index (κ2) is 6.86. The average molecular weight is 355 g/mol. The minimum Gasteiger partial charge on any atom is -0.383 e. The summed E-state index contributed by atoms with van der Waals surface area (Å²) in [6, 6.07) is 12.1. The Morgan fingerprint density at radius 2 is 1.84 bits per heavy atom. The maximum atomic E-state index is 11.9. The molecular formula is C17H17N5O2S. The molecule has 2 aromatic heterocycles. The number of nitrogens with one attached hydrogen (secondary N) is 1. The molecule has 25 heavy (non-hydrogen) atoms. The zero-order chi connectivity index (χ0) is 17.9. The molecule has 0 amide bonds. The third-order valence-corrected chi connectivity index (χ3v) is 4.76. The topological polar surface area (TPSA) is 111 Å². The van der Waals surface area contributed by atoms with E-state index < -0.39 is 9.84 Å². The van der Waals surface area contributed by atoms with Gasteiger partial charge in [0.05, 0.1) is 10.5 Å². The van der Waals surface area contributed by atoms with Crippen molar-refractivity contribution in [3.8, 4) is 11.4 Å². The lowest BCUT2D eigenvalue weighted by molar-refractivity contribution is 0.601. The summed E-state index contributed by atoms with van der Waals surface area (Å²) >= 11 is 0. The van der Waals surface area contributed by atoms with Crippen molar-refractivity contribution in [2.75, 3.05) is 17.3 Å². The van der Waals surface area contributed by atoms with Crippen molar-refractivity contribution in [3.05, 3.63) is 60.4 Å². The minimum atomic E-state index is -3.29. The van der Waals surface area contributed by atoms with Crippen LogP contribution in [0.5, 0.6) is 0 Å². The van der Waals surface area contributed by atoms with Crippen LogP contribution in [0, 0.1) is 0 Å². The first-order valence-corrected chi connectivity index (χ1v) is 9.40. The molecular weight excluding hydrogens is 338 g/mol. The Labute approximate surface area is 145 Å². The molecule has 0 fully saturated rings. The van der Waals surface area contributed by atoms with Gasteiger partial charge in [-0.15, -0.1) is 0 Å². The van der Waals surface area contributed by atoms with Crippen molar-refractivity contribution in [2.24, 2.45) is 0 Å². The Morgan fingerprint density at radius 3 is 2.60 bits per heavy atom. The zero-order valence-electron chi connectivity index (χ0n) is 13.5. The van der Waals surface area contributed by atoms with Gasteiger partial charge in [-0.05, 0) is 29.8 Å². The van der Waals surface area contributed by atoms with E-state index in [0.29, 0.717) is 40.0 Å². The van der Waals surface area contributed by atoms with Crippen LogP contribution in [-0.2, 0) is 16.4 Å². The molecule has 0 aliphatic carbocycles. The molecule has 3 N–H and O–H groups in total. The summed E-state index contributed by atoms with van der Waals surface area (Å²) in [5.74, 6) is 1.37. The largest absolute Gasteiger partial charge is 0.383 e. The molecule has 0 radical (unpaired) electrons. The molecule has 0 saturated heterocycles. The SMILES string of the molecule is CS(=O)(=O)c1ccccc1CNc1ccnc(-c2cccnc2N)n1. The number of pyridine rings is 1. The number of sulfone groups is 1. The summed E-state index contributed by atoms with van der Waals surface area (Å²) in [4.78, 5) is 13.0. The highest BCUT2D eigenvalue weighted by Gasteiger charge is 2.12. The van der Waals surface area contributed by atoms with Crippen molar-refractivity contribution in [1.29, 1.82) is 0 Å². The van der Waals surface area contributed by atoms with E-state index in [2.05, 4.69) is 20.3 Å². The minimum absolute atomic E-state index is 0.299. The fourth-order valence-corrected chi connectivity index (χ4v) is 3.33. The second-order valence-corrected chi connectivity index (χ2v) is 7.42. The maximum Gasteiger partial charge on any atom is 0.175 e. The van der Waals surface area contributed by atoms with Crippen LogP contribution < -0.4 is 11.1 Å². The lowest BCUT2D eigenvalue weighted by atomic mass is 10.2. The van der Waals surface area contributed by atoms with E-state index >= 15 is 0 Å². The third kappa shape index (κ3) is 3.92. The molecule has 128 valence electrons. The number of anilines is 2. The van der Waals surface area contributed by atoms with Gasteiger partial charge in [0.1, 0.15) is 11.6 Å². The molecule has 0 aliphatic heterocycles. The molecule has 0 unspecified atom stereocenters. The molecule has 0 bridgehead atoms. The number of nitrogens with zero attached hydrogens (tertiary/aromatic N) is 3. The van der Waals surface area contributed by atoms with Gasteiger partial charge in [0.2, 0.25) is 0 Å². The Bertz CT molecular complexity index is 1010. The van der Waals surface area contributed by atoms with Crippen molar-refractivity contribution < 1.29 is 8.42 Å². The Balaban J connectivity index is 1.84. The van der Waals surface area contributed by atoms with E-state index in [9.17, 15) is 8.42 Å². The van der Waals surface area contributed by atoms with E-state index in [4.69, 9.17) is 5.73 Å². The molecule has 8 heteroatoms. The number of nitrogens with two attached hydrogens (primary N) is 1. The van der Waals surface area contributed by atoms with Crippen LogP contribution >= 0.6 is 0 Å². The van der Waals surface area contributed by atoms with Crippen LogP contribution in [0.4, 0.5) is 11.6 Å². The third-order valence-electron chi connectivity index (χ3n) is 3.57. The van der Waals surface area contributed by atoms with Crippen LogP contribution in [-0.4, -0.2) is 29.6 Å². The number of hydrogen-bond acceptors (Lipinski definition) is 7. The van der Waals surface area contributed by atoms with E-state index in [0.717, 1.165) is 0 Å². The lowest BCUT2D eigenvalue weighted by Crippen LogP contribution is -2.08. The number of benzene rings is 1. The molecule has 0 atom stereocenters. The highest BCUT2D eigenvalue weighted by molar-refractivity contribution is 7.90. The summed E-state index contributed by atoms with van der Waals surface area (Å²) in [5.41, 5.74) is 7.17. The number of hydrogen-bond donors (Lipinski definition) is 2. The Hall–Kier alpha value is -3.00. The molecule has 3 rings (SSSR count). The van der Waals surface area contributed by atoms with Crippen molar-refractivity contribution in [2.45, 2.75) is 11.4 Å². The quantitative estimate of drug-likeness (QED) is 0.721. The van der Waals surface area contributed by atoms with Gasteiger partial charge in [-0.2, -0.15) is 0 Å². The molecule has 0 spiro atoms. The molecule has 7 nitrogen and oxygen atoms in total. The summed E-state index contributed by atoms with van der Waals surface area (Å²) in [6.07, 6.45) is 4.41. The first-order valence-electron chi connectivity index (χ1n) is 7.51. The van der Waals surface area contributed by atoms with Crippen molar-refractivity contribution >= 4 is 21.5 Å². The molecule has 0 saturated carbocycles. The standard InChI is InChI=1S/C17H17N5O2S/c1-25(23,24)14-7-3-2-5-12(14)11-21-15-8-10-20-17(22-15)13-6-4-9-19-16(13)18/h2-10H,11H2,1H3,(H2,18,19)(H,20,21,22). The predicted octanol–water partition coefficient (Wildman–Crippen LogP) is 2.14. The van der Waals surface area contributed by atoms with Gasteiger partial charge in [-0.25, -0.2) is 23.4 Å². The fourth-order valence-electron chi connectivity index (χ4n) is 2.39. The smallest absolute Gasteiger partial charge is 0.175 e. The summed E-state index contributed by atoms with van der Waals surface area (Å²) in [7, 11) is -3.29. The number of aromatic nitrogens is 3. The summed E-state index contributed by atoms with van der Waals surface area (Å²) in [5, 5.41) is 3.13. The van der Waals surface area contributed by atoms with E-state index in [1.54, 1.807) is 54.9 Å². The van der Waals surface area contributed by atoms with Crippen LogP contribution in [0.3, 0.4) is 0 Å². The fraction of sp³-hybridized carbons (Fsp3) is 0.118. The average Bonchev–Trinajstić information content (AvgIpc) is 2.60. The van der Waals surface area contributed by atoms with Gasteiger partial charge < -0.3 is 11.1 Å². The van der Waals surface area contributed by atoms with Gasteiger partial charge in [0, 0.05) is 25.2 Å². The van der Waals surface area contributed by atoms with Crippen LogP contribution in [0.1, 0.15) is 5.56 Å². The molecule has 3 aromatic rings. The molecule has 1 aromatic carbocycles. The molecule has 2 heterocycles. The van der Waals surface area contributed by atoms with Gasteiger partial charge in [0.15, 0.2) is 15.7 Å². The first-order chi connectivity index (χ1) is 11.9. The first kappa shape index (κ1) is 16.8. The van der Waals surface area contributed by atoms with Gasteiger partial charge in [0.25, 0.3) is 0 Å². The van der Waals surface area contributed by atoms with Gasteiger partial charge in [-0.3, -0.25) is 0 Å². The summed E-state index contributed by atoms with van der Waals surface area (Å²) < 4.78 is 23.7. The molecule has 0 aliphatic rings. The van der Waals surface area contributed by atoms with E-state index in [-0.39, 0.29) is 0 Å². The van der Waals surface area contributed by atoms with Crippen LogP contribution in [0.25, 0.3) is 11.4 Å². The maximum absolute atomic E-state index is 11.9. The van der Waals surface area contributed by atoms with Crippen molar-refractivity contribution in [3.63, 3.8) is 0 Å². The van der Waals surface area contributed by atoms with Crippen LogP contribution in [0.15, 0.2) is 59.8 Å². The number of rotatable bonds is 5.